The maximum absolute atomic E-state index is 13.6. The average molecular weight is 508 g/mol. The molecule has 198 valence electrons. The highest BCUT2D eigenvalue weighted by molar-refractivity contribution is 6.09. The van der Waals surface area contributed by atoms with Gasteiger partial charge in [0.15, 0.2) is 0 Å². The fourth-order valence-electron chi connectivity index (χ4n) is 4.65. The first-order chi connectivity index (χ1) is 17.7. The normalized spacial score (nSPS) is 17.8. The maximum atomic E-state index is 13.6. The zero-order valence-electron chi connectivity index (χ0n) is 22.1. The van der Waals surface area contributed by atoms with E-state index >= 15 is 0 Å². The highest BCUT2D eigenvalue weighted by atomic mass is 16.2. The molecule has 10 nitrogen and oxygen atoms in total. The van der Waals surface area contributed by atoms with E-state index in [0.29, 0.717) is 18.7 Å². The molecule has 1 aromatic carbocycles. The van der Waals surface area contributed by atoms with Gasteiger partial charge in [-0.05, 0) is 43.0 Å². The van der Waals surface area contributed by atoms with Gasteiger partial charge in [0.05, 0.1) is 18.6 Å². The molecule has 1 unspecified atom stereocenters. The molecule has 4 amide bonds. The van der Waals surface area contributed by atoms with Crippen LogP contribution in [-0.2, 0) is 16.0 Å². The third kappa shape index (κ3) is 6.38. The summed E-state index contributed by atoms with van der Waals surface area (Å²) in [4.78, 5) is 49.0. The minimum absolute atomic E-state index is 0.249. The van der Waals surface area contributed by atoms with Crippen LogP contribution in [0.1, 0.15) is 36.2 Å². The Morgan fingerprint density at radius 1 is 1.22 bits per heavy atom. The molecule has 3 rings (SSSR count). The molecule has 0 radical (unpaired) electrons. The van der Waals surface area contributed by atoms with Crippen molar-refractivity contribution in [3.8, 4) is 0 Å². The van der Waals surface area contributed by atoms with E-state index in [1.165, 1.54) is 11.1 Å². The maximum Gasteiger partial charge on any atom is 0.325 e. The predicted octanol–water partition coefficient (Wildman–Crippen LogP) is 2.44. The smallest absolute Gasteiger partial charge is 0.325 e. The number of benzene rings is 1. The number of nitrogens with one attached hydrogen (secondary N) is 2. The number of pyridine rings is 1. The monoisotopic (exact) mass is 507 g/mol. The molecule has 0 aliphatic carbocycles. The molecule has 4 N–H and O–H groups in total. The first-order valence-corrected chi connectivity index (χ1v) is 12.4. The Labute approximate surface area is 218 Å². The lowest BCUT2D eigenvalue weighted by Gasteiger charge is -2.46. The van der Waals surface area contributed by atoms with E-state index in [4.69, 9.17) is 5.73 Å². The summed E-state index contributed by atoms with van der Waals surface area (Å²) in [7, 11) is 5.20. The van der Waals surface area contributed by atoms with Crippen molar-refractivity contribution in [2.24, 2.45) is 11.7 Å². The number of aryl methyl sites for hydroxylation is 1. The van der Waals surface area contributed by atoms with Gasteiger partial charge in [-0.1, -0.05) is 37.3 Å². The first kappa shape index (κ1) is 27.5. The Morgan fingerprint density at radius 3 is 2.54 bits per heavy atom. The van der Waals surface area contributed by atoms with Gasteiger partial charge >= 0.3 is 6.03 Å². The highest BCUT2D eigenvalue weighted by Crippen LogP contribution is 2.33. The number of hydrogen-bond donors (Lipinski definition) is 3. The molecule has 10 heteroatoms. The molecule has 1 aliphatic rings. The molecule has 1 saturated heterocycles. The number of carbonyl (C=O) groups excluding carboxylic acids is 3. The first-order valence-electron chi connectivity index (χ1n) is 12.4. The van der Waals surface area contributed by atoms with Crippen molar-refractivity contribution in [3.63, 3.8) is 0 Å². The van der Waals surface area contributed by atoms with E-state index in [-0.39, 0.29) is 24.5 Å². The van der Waals surface area contributed by atoms with Crippen molar-refractivity contribution in [3.05, 3.63) is 71.7 Å². The number of nitrogens with two attached hydrogens (primary N) is 1. The van der Waals surface area contributed by atoms with Crippen molar-refractivity contribution < 1.29 is 14.4 Å². The summed E-state index contributed by atoms with van der Waals surface area (Å²) in [5.74, 6) is -0.674. The minimum atomic E-state index is -0.924. The summed E-state index contributed by atoms with van der Waals surface area (Å²) in [5, 5.41) is 5.97. The molecule has 1 aromatic heterocycles. The van der Waals surface area contributed by atoms with Crippen LogP contribution in [0.5, 0.6) is 0 Å². The molecule has 2 heterocycles. The van der Waals surface area contributed by atoms with Crippen molar-refractivity contribution in [1.82, 2.24) is 25.0 Å². The molecule has 3 atom stereocenters. The Hall–Kier alpha value is -4.08. The topological polar surface area (TPSA) is 124 Å². The largest absolute Gasteiger partial charge is 0.403 e. The lowest BCUT2D eigenvalue weighted by molar-refractivity contribution is -0.162. The lowest BCUT2D eigenvalue weighted by Crippen LogP contribution is -2.70. The summed E-state index contributed by atoms with van der Waals surface area (Å²) >= 11 is 0. The van der Waals surface area contributed by atoms with Crippen LogP contribution in [0.25, 0.3) is 0 Å². The molecule has 1 fully saturated rings. The van der Waals surface area contributed by atoms with Gasteiger partial charge < -0.3 is 26.2 Å². The molecule has 37 heavy (non-hydrogen) atoms. The van der Waals surface area contributed by atoms with E-state index in [9.17, 15) is 14.4 Å². The number of nitrogens with zero attached hydrogens (tertiary/aromatic N) is 4. The SMILES string of the molecule is CCC(NC(=O)N1C(=O)[C@H](Cc2cc(C)nc(NC)c2)[C@H]1C(=O)N(C)CN(C)/C=C\N)c1ccccc1. The van der Waals surface area contributed by atoms with Gasteiger partial charge in [-0.3, -0.25) is 14.5 Å². The minimum Gasteiger partial charge on any atom is -0.403 e. The fourth-order valence-corrected chi connectivity index (χ4v) is 4.65. The van der Waals surface area contributed by atoms with Crippen molar-refractivity contribution >= 4 is 23.7 Å². The number of rotatable bonds is 10. The second kappa shape index (κ2) is 12.2. The number of amides is 4. The number of likely N-dealkylation sites (N-methyl/N-ethyl adjacent to an activating group) is 1. The Morgan fingerprint density at radius 2 is 1.92 bits per heavy atom. The van der Waals surface area contributed by atoms with E-state index in [1.54, 1.807) is 32.2 Å². The quantitative estimate of drug-likeness (QED) is 0.333. The van der Waals surface area contributed by atoms with Crippen LogP contribution in [0.15, 0.2) is 54.9 Å². The van der Waals surface area contributed by atoms with Gasteiger partial charge in [-0.2, -0.15) is 0 Å². The van der Waals surface area contributed by atoms with E-state index in [0.717, 1.165) is 21.7 Å². The molecule has 1 aliphatic heterocycles. The van der Waals surface area contributed by atoms with Gasteiger partial charge in [0.25, 0.3) is 0 Å². The lowest BCUT2D eigenvalue weighted by atomic mass is 9.81. The fraction of sp³-hybridized carbons (Fsp3) is 0.407. The molecule has 0 saturated carbocycles. The third-order valence-electron chi connectivity index (χ3n) is 6.47. The number of likely N-dealkylation sites (tertiary alicyclic amines) is 1. The van der Waals surface area contributed by atoms with Crippen molar-refractivity contribution in [2.75, 3.05) is 33.1 Å². The van der Waals surface area contributed by atoms with Crippen LogP contribution in [0.2, 0.25) is 0 Å². The van der Waals surface area contributed by atoms with E-state index < -0.39 is 18.0 Å². The summed E-state index contributed by atoms with van der Waals surface area (Å²) in [6.45, 7) is 4.08. The highest BCUT2D eigenvalue weighted by Gasteiger charge is 2.55. The van der Waals surface area contributed by atoms with Gasteiger partial charge in [-0.15, -0.1) is 0 Å². The predicted molar refractivity (Wildman–Crippen MR) is 143 cm³/mol. The number of urea groups is 1. The third-order valence-corrected chi connectivity index (χ3v) is 6.47. The van der Waals surface area contributed by atoms with Crippen molar-refractivity contribution in [1.29, 1.82) is 0 Å². The Balaban J connectivity index is 1.86. The number of β-lactam (4-membered cyclic amide) rings is 1. The van der Waals surface area contributed by atoms with Crippen LogP contribution in [0.3, 0.4) is 0 Å². The van der Waals surface area contributed by atoms with Gasteiger partial charge in [0.1, 0.15) is 11.9 Å². The summed E-state index contributed by atoms with van der Waals surface area (Å²) < 4.78 is 0. The standard InChI is InChI=1S/C27H37N7O3/c1-6-22(20-10-8-7-9-11-20)31-27(37)34-24(26(36)33(5)17-32(4)13-12-28)21(25(34)35)15-19-14-18(2)30-23(16-19)29-3/h7-14,16,21-22,24H,6,15,17,28H2,1-5H3,(H,29,30)(H,31,37)/b13-12-/t21-,22?,24+/m1/s1. The van der Waals surface area contributed by atoms with Gasteiger partial charge in [-0.25, -0.2) is 9.78 Å². The van der Waals surface area contributed by atoms with Gasteiger partial charge in [0, 0.05) is 39.2 Å². The molecular weight excluding hydrogens is 470 g/mol. The number of hydrogen-bond acceptors (Lipinski definition) is 7. The van der Waals surface area contributed by atoms with Crippen LogP contribution >= 0.6 is 0 Å². The van der Waals surface area contributed by atoms with Crippen molar-refractivity contribution in [2.45, 2.75) is 38.8 Å². The Bertz CT molecular complexity index is 1140. The molecule has 0 bridgehead atoms. The molecule has 0 spiro atoms. The van der Waals surface area contributed by atoms with Gasteiger partial charge in [0.2, 0.25) is 11.8 Å². The summed E-state index contributed by atoms with van der Waals surface area (Å²) in [5.41, 5.74) is 8.07. The number of anilines is 1. The molecule has 2 aromatic rings. The average Bonchev–Trinajstić information content (AvgIpc) is 2.88. The van der Waals surface area contributed by atoms with Crippen LogP contribution in [0, 0.1) is 12.8 Å². The summed E-state index contributed by atoms with van der Waals surface area (Å²) in [6.07, 6.45) is 3.98. The Kier molecular flexibility index (Phi) is 9.10. The zero-order valence-corrected chi connectivity index (χ0v) is 22.1. The summed E-state index contributed by atoms with van der Waals surface area (Å²) in [6, 6.07) is 11.5. The number of aromatic nitrogens is 1. The number of imide groups is 1. The second-order valence-electron chi connectivity index (χ2n) is 9.31. The van der Waals surface area contributed by atoms with E-state index in [2.05, 4.69) is 15.6 Å². The second-order valence-corrected chi connectivity index (χ2v) is 9.31. The van der Waals surface area contributed by atoms with E-state index in [1.807, 2.05) is 56.3 Å². The van der Waals surface area contributed by atoms with Crippen LogP contribution in [-0.4, -0.2) is 71.4 Å². The number of carbonyl (C=O) groups is 3. The van der Waals surface area contributed by atoms with Crippen LogP contribution < -0.4 is 16.4 Å². The zero-order chi connectivity index (χ0) is 27.1. The van der Waals surface area contributed by atoms with Crippen LogP contribution in [0.4, 0.5) is 10.6 Å². The molecular formula is C27H37N7O3.